The fourth-order valence-corrected chi connectivity index (χ4v) is 2.80. The molecule has 3 heteroatoms. The lowest BCUT2D eigenvalue weighted by molar-refractivity contribution is 0.0733. The normalized spacial score (nSPS) is 31.2. The second kappa shape index (κ2) is 5.69. The summed E-state index contributed by atoms with van der Waals surface area (Å²) >= 11 is 0. The van der Waals surface area contributed by atoms with Gasteiger partial charge < -0.3 is 14.8 Å². The Balaban J connectivity index is 2.05. The number of ether oxygens (including phenoxy) is 2. The summed E-state index contributed by atoms with van der Waals surface area (Å²) in [6.07, 6.45) is 5.94. The molecule has 3 unspecified atom stereocenters. The molecule has 2 rings (SSSR count). The van der Waals surface area contributed by atoms with Crippen molar-refractivity contribution in [1.82, 2.24) is 5.32 Å². The van der Waals surface area contributed by atoms with Crippen LogP contribution in [-0.2, 0) is 9.47 Å². The molecule has 0 saturated carbocycles. The molecule has 3 nitrogen and oxygen atoms in total. The lowest BCUT2D eigenvalue weighted by Crippen LogP contribution is -2.41. The van der Waals surface area contributed by atoms with Gasteiger partial charge in [-0.05, 0) is 25.5 Å². The van der Waals surface area contributed by atoms with Crippen molar-refractivity contribution in [3.63, 3.8) is 0 Å². The van der Waals surface area contributed by atoms with Gasteiger partial charge in [0.2, 0.25) is 0 Å². The van der Waals surface area contributed by atoms with Crippen LogP contribution in [0, 0.1) is 5.92 Å². The molecular weight excluding hydrogens is 202 g/mol. The third-order valence-electron chi connectivity index (χ3n) is 3.55. The summed E-state index contributed by atoms with van der Waals surface area (Å²) in [4.78, 5) is 0. The topological polar surface area (TPSA) is 30.5 Å². The van der Waals surface area contributed by atoms with E-state index >= 15 is 0 Å². The van der Waals surface area contributed by atoms with Crippen LogP contribution in [0.5, 0.6) is 0 Å². The first kappa shape index (κ1) is 11.9. The van der Waals surface area contributed by atoms with Crippen LogP contribution in [0.25, 0.3) is 0 Å². The monoisotopic (exact) mass is 225 g/mol. The zero-order valence-electron chi connectivity index (χ0n) is 10.4. The smallest absolute Gasteiger partial charge is 0.109 e. The van der Waals surface area contributed by atoms with Gasteiger partial charge in [-0.2, -0.15) is 0 Å². The molecule has 1 N–H and O–H groups in total. The van der Waals surface area contributed by atoms with Gasteiger partial charge in [-0.3, -0.25) is 0 Å². The molecule has 2 aliphatic rings. The Morgan fingerprint density at radius 1 is 1.44 bits per heavy atom. The van der Waals surface area contributed by atoms with E-state index in [2.05, 4.69) is 25.2 Å². The Labute approximate surface area is 98.2 Å². The quantitative estimate of drug-likeness (QED) is 0.777. The lowest BCUT2D eigenvalue weighted by Gasteiger charge is -2.28. The highest BCUT2D eigenvalue weighted by atomic mass is 16.5. The largest absolute Gasteiger partial charge is 0.496 e. The minimum Gasteiger partial charge on any atom is -0.496 e. The molecule has 0 spiro atoms. The maximum Gasteiger partial charge on any atom is 0.109 e. The van der Waals surface area contributed by atoms with Crippen LogP contribution in [0.1, 0.15) is 33.1 Å². The predicted octanol–water partition coefficient (Wildman–Crippen LogP) is 2.08. The molecule has 0 aliphatic carbocycles. The average molecular weight is 225 g/mol. The van der Waals surface area contributed by atoms with Gasteiger partial charge in [0.1, 0.15) is 5.76 Å². The molecule has 3 atom stereocenters. The highest BCUT2D eigenvalue weighted by Crippen LogP contribution is 2.31. The molecule has 16 heavy (non-hydrogen) atoms. The number of hydrogen-bond donors (Lipinski definition) is 1. The van der Waals surface area contributed by atoms with Gasteiger partial charge >= 0.3 is 0 Å². The summed E-state index contributed by atoms with van der Waals surface area (Å²) in [6.45, 7) is 7.09. The van der Waals surface area contributed by atoms with Crippen molar-refractivity contribution in [1.29, 1.82) is 0 Å². The highest BCUT2D eigenvalue weighted by molar-refractivity contribution is 5.10. The summed E-state index contributed by atoms with van der Waals surface area (Å²) in [7, 11) is 0. The van der Waals surface area contributed by atoms with E-state index < -0.39 is 0 Å². The highest BCUT2D eigenvalue weighted by Gasteiger charge is 2.36. The summed E-state index contributed by atoms with van der Waals surface area (Å²) in [5.74, 6) is 1.73. The number of nitrogens with one attached hydrogen (secondary N) is 1. The Morgan fingerprint density at radius 3 is 2.94 bits per heavy atom. The van der Waals surface area contributed by atoms with E-state index in [-0.39, 0.29) is 0 Å². The molecule has 0 aromatic heterocycles. The van der Waals surface area contributed by atoms with Crippen LogP contribution >= 0.6 is 0 Å². The molecular formula is C13H23NO2. The first-order valence-corrected chi connectivity index (χ1v) is 6.54. The summed E-state index contributed by atoms with van der Waals surface area (Å²) in [5, 5.41) is 3.56. The Morgan fingerprint density at radius 2 is 2.31 bits per heavy atom. The fraction of sp³-hybridized carbons (Fsp3) is 0.846. The van der Waals surface area contributed by atoms with Crippen molar-refractivity contribution in [3.05, 3.63) is 11.8 Å². The zero-order chi connectivity index (χ0) is 11.4. The van der Waals surface area contributed by atoms with Crippen molar-refractivity contribution >= 4 is 0 Å². The minimum absolute atomic E-state index is 0.361. The summed E-state index contributed by atoms with van der Waals surface area (Å²) in [5.41, 5.74) is 0. The van der Waals surface area contributed by atoms with Crippen LogP contribution in [0.3, 0.4) is 0 Å². The van der Waals surface area contributed by atoms with E-state index in [0.29, 0.717) is 18.1 Å². The van der Waals surface area contributed by atoms with Gasteiger partial charge in [-0.25, -0.2) is 0 Å². The summed E-state index contributed by atoms with van der Waals surface area (Å²) < 4.78 is 11.5. The molecule has 0 aromatic carbocycles. The van der Waals surface area contributed by atoms with Gasteiger partial charge in [-0.1, -0.05) is 13.8 Å². The molecule has 0 radical (unpaired) electrons. The van der Waals surface area contributed by atoms with Crippen LogP contribution in [-0.4, -0.2) is 31.9 Å². The van der Waals surface area contributed by atoms with Gasteiger partial charge in [0, 0.05) is 18.9 Å². The molecule has 1 saturated heterocycles. The third kappa shape index (κ3) is 2.41. The number of likely N-dealkylation sites (N-methyl/N-ethyl adjacent to an activating group) is 1. The van der Waals surface area contributed by atoms with E-state index in [0.717, 1.165) is 44.8 Å². The standard InChI is InChI=1S/C13H23NO2/c1-3-11-10(7-9-16-11)13(14-4-2)12-6-5-8-15-12/h6,10-11,13-14H,3-5,7-9H2,1-2H3. The third-order valence-corrected chi connectivity index (χ3v) is 3.55. The zero-order valence-corrected chi connectivity index (χ0v) is 10.4. The van der Waals surface area contributed by atoms with Crippen LogP contribution in [0.15, 0.2) is 11.8 Å². The van der Waals surface area contributed by atoms with E-state index in [1.165, 1.54) is 0 Å². The maximum atomic E-state index is 5.78. The molecule has 0 aromatic rings. The first-order chi connectivity index (χ1) is 7.86. The molecule has 2 heterocycles. The van der Waals surface area contributed by atoms with Gasteiger partial charge in [0.05, 0.1) is 18.8 Å². The summed E-state index contributed by atoms with van der Waals surface area (Å²) in [6, 6.07) is 0.361. The molecule has 0 bridgehead atoms. The molecule has 1 fully saturated rings. The fourth-order valence-electron chi connectivity index (χ4n) is 2.80. The van der Waals surface area contributed by atoms with Crippen molar-refractivity contribution in [2.24, 2.45) is 5.92 Å². The van der Waals surface area contributed by atoms with E-state index in [4.69, 9.17) is 9.47 Å². The van der Waals surface area contributed by atoms with Crippen LogP contribution in [0.4, 0.5) is 0 Å². The maximum absolute atomic E-state index is 5.78. The number of hydrogen-bond acceptors (Lipinski definition) is 3. The van der Waals surface area contributed by atoms with Crippen molar-refractivity contribution < 1.29 is 9.47 Å². The minimum atomic E-state index is 0.361. The lowest BCUT2D eigenvalue weighted by atomic mass is 9.90. The van der Waals surface area contributed by atoms with Crippen molar-refractivity contribution in [2.75, 3.05) is 19.8 Å². The van der Waals surface area contributed by atoms with Gasteiger partial charge in [0.25, 0.3) is 0 Å². The molecule has 92 valence electrons. The van der Waals surface area contributed by atoms with Gasteiger partial charge in [0.15, 0.2) is 0 Å². The van der Waals surface area contributed by atoms with E-state index in [1.54, 1.807) is 0 Å². The predicted molar refractivity (Wildman–Crippen MR) is 64.3 cm³/mol. The van der Waals surface area contributed by atoms with Crippen LogP contribution < -0.4 is 5.32 Å². The average Bonchev–Trinajstić information content (AvgIpc) is 2.96. The first-order valence-electron chi connectivity index (χ1n) is 6.54. The Bertz CT molecular complexity index is 252. The Kier molecular flexibility index (Phi) is 4.24. The van der Waals surface area contributed by atoms with Crippen LogP contribution in [0.2, 0.25) is 0 Å². The van der Waals surface area contributed by atoms with E-state index in [9.17, 15) is 0 Å². The van der Waals surface area contributed by atoms with E-state index in [1.807, 2.05) is 0 Å². The second-order valence-electron chi connectivity index (χ2n) is 4.55. The number of rotatable bonds is 5. The Hall–Kier alpha value is -0.540. The SMILES string of the molecule is CCNC(C1=CCCO1)C1CCOC1CC. The van der Waals surface area contributed by atoms with Gasteiger partial charge in [-0.15, -0.1) is 0 Å². The molecule has 0 amide bonds. The van der Waals surface area contributed by atoms with Crippen molar-refractivity contribution in [2.45, 2.75) is 45.3 Å². The second-order valence-corrected chi connectivity index (χ2v) is 4.55. The molecule has 2 aliphatic heterocycles. The van der Waals surface area contributed by atoms with Crippen molar-refractivity contribution in [3.8, 4) is 0 Å².